The predicted octanol–water partition coefficient (Wildman–Crippen LogP) is 24.2. The maximum absolute atomic E-state index is 12.9. The lowest BCUT2D eigenvalue weighted by Crippen LogP contribution is -2.30. The van der Waals surface area contributed by atoms with Gasteiger partial charge in [0.15, 0.2) is 6.10 Å². The summed E-state index contributed by atoms with van der Waals surface area (Å²) in [7, 11) is 0. The molecule has 81 heavy (non-hydrogen) atoms. The highest BCUT2D eigenvalue weighted by Gasteiger charge is 2.19. The molecule has 1 atom stereocenters. The van der Waals surface area contributed by atoms with E-state index in [-0.39, 0.29) is 31.1 Å². The standard InChI is InChI=1S/C75H132O6/c1-4-7-10-13-16-19-22-25-27-28-29-30-31-32-33-34-35-36-37-38-39-40-41-42-43-44-45-46-48-50-53-56-59-62-65-68-74(77)80-71-72(70-79-73(76)67-64-61-58-55-52-49-24-21-18-15-12-9-6-3)81-75(78)69-66-63-60-57-54-51-47-26-23-20-17-14-11-8-5-2/h8,11-12,15,17,20-22,24-26,28-29,47,72H,4-7,9-10,13-14,16,18-19,23,27,30-46,48-71H2,1-3H3/b11-8-,15-12-,20-17-,24-21-,25-22-,29-28-,47-26-. The van der Waals surface area contributed by atoms with Crippen LogP contribution in [0.1, 0.15) is 355 Å². The molecule has 0 saturated carbocycles. The summed E-state index contributed by atoms with van der Waals surface area (Å²) in [6.07, 6.45) is 92.1. The van der Waals surface area contributed by atoms with Crippen LogP contribution in [0.4, 0.5) is 0 Å². The summed E-state index contributed by atoms with van der Waals surface area (Å²) in [6, 6.07) is 0. The topological polar surface area (TPSA) is 78.9 Å². The fraction of sp³-hybridized carbons (Fsp3) is 0.773. The molecule has 0 aliphatic carbocycles. The first-order valence-electron chi connectivity index (χ1n) is 35.1. The van der Waals surface area contributed by atoms with Gasteiger partial charge < -0.3 is 14.2 Å². The van der Waals surface area contributed by atoms with E-state index in [1.165, 1.54) is 180 Å². The van der Waals surface area contributed by atoms with Crippen LogP contribution < -0.4 is 0 Å². The Balaban J connectivity index is 4.09. The van der Waals surface area contributed by atoms with Gasteiger partial charge in [0.2, 0.25) is 0 Å². The Hall–Kier alpha value is -3.41. The van der Waals surface area contributed by atoms with Gasteiger partial charge in [-0.25, -0.2) is 0 Å². The first-order valence-corrected chi connectivity index (χ1v) is 35.1. The first kappa shape index (κ1) is 77.6. The van der Waals surface area contributed by atoms with Crippen molar-refractivity contribution in [2.24, 2.45) is 0 Å². The zero-order valence-electron chi connectivity index (χ0n) is 53.8. The molecule has 0 fully saturated rings. The summed E-state index contributed by atoms with van der Waals surface area (Å²) in [5.41, 5.74) is 0. The third kappa shape index (κ3) is 67.3. The van der Waals surface area contributed by atoms with Gasteiger partial charge >= 0.3 is 17.9 Å². The molecule has 1 unspecified atom stereocenters. The van der Waals surface area contributed by atoms with Crippen molar-refractivity contribution in [2.45, 2.75) is 361 Å². The van der Waals surface area contributed by atoms with Crippen LogP contribution >= 0.6 is 0 Å². The number of rotatable bonds is 64. The van der Waals surface area contributed by atoms with Crippen molar-refractivity contribution in [3.8, 4) is 0 Å². The van der Waals surface area contributed by atoms with E-state index in [1.807, 2.05) is 0 Å². The van der Waals surface area contributed by atoms with Gasteiger partial charge in [0.1, 0.15) is 13.2 Å². The van der Waals surface area contributed by atoms with Crippen LogP contribution in [0.3, 0.4) is 0 Å². The second kappa shape index (κ2) is 69.1. The minimum absolute atomic E-state index is 0.0852. The summed E-state index contributed by atoms with van der Waals surface area (Å²) >= 11 is 0. The van der Waals surface area contributed by atoms with Gasteiger partial charge in [0.05, 0.1) is 0 Å². The van der Waals surface area contributed by atoms with Crippen LogP contribution in [0.2, 0.25) is 0 Å². The Kier molecular flexibility index (Phi) is 66.2. The number of hydrogen-bond acceptors (Lipinski definition) is 6. The van der Waals surface area contributed by atoms with E-state index in [0.717, 1.165) is 135 Å². The molecule has 0 N–H and O–H groups in total. The molecule has 0 aromatic rings. The number of ether oxygens (including phenoxy) is 3. The Morgan fingerprint density at radius 2 is 0.506 bits per heavy atom. The van der Waals surface area contributed by atoms with E-state index in [2.05, 4.69) is 106 Å². The zero-order chi connectivity index (χ0) is 58.5. The second-order valence-corrected chi connectivity index (χ2v) is 23.4. The van der Waals surface area contributed by atoms with Crippen LogP contribution in [-0.4, -0.2) is 37.2 Å². The van der Waals surface area contributed by atoms with Gasteiger partial charge in [0.25, 0.3) is 0 Å². The van der Waals surface area contributed by atoms with Crippen molar-refractivity contribution in [1.29, 1.82) is 0 Å². The second-order valence-electron chi connectivity index (χ2n) is 23.4. The van der Waals surface area contributed by atoms with Gasteiger partial charge in [0, 0.05) is 19.3 Å². The summed E-state index contributed by atoms with van der Waals surface area (Å²) in [4.78, 5) is 38.3. The number of carbonyl (C=O) groups excluding carboxylic acids is 3. The molecule has 0 aliphatic rings. The van der Waals surface area contributed by atoms with E-state index >= 15 is 0 Å². The first-order chi connectivity index (χ1) is 40.0. The molecule has 0 amide bonds. The highest BCUT2D eigenvalue weighted by Crippen LogP contribution is 2.18. The monoisotopic (exact) mass is 1130 g/mol. The number of carbonyl (C=O) groups is 3. The van der Waals surface area contributed by atoms with Crippen molar-refractivity contribution in [1.82, 2.24) is 0 Å². The Morgan fingerprint density at radius 3 is 0.802 bits per heavy atom. The van der Waals surface area contributed by atoms with Gasteiger partial charge in [-0.2, -0.15) is 0 Å². The molecular formula is C75H132O6. The molecule has 0 rings (SSSR count). The van der Waals surface area contributed by atoms with Crippen LogP contribution in [0.5, 0.6) is 0 Å². The maximum Gasteiger partial charge on any atom is 0.306 e. The van der Waals surface area contributed by atoms with Crippen LogP contribution in [-0.2, 0) is 28.6 Å². The van der Waals surface area contributed by atoms with Crippen LogP contribution in [0, 0.1) is 0 Å². The Bertz CT molecular complexity index is 1530. The number of unbranched alkanes of at least 4 members (excludes halogenated alkanes) is 39. The molecule has 6 nitrogen and oxygen atoms in total. The van der Waals surface area contributed by atoms with Crippen molar-refractivity contribution >= 4 is 17.9 Å². The SMILES string of the molecule is CC/C=C\C/C=C\C/C=C\CCCCCCCC(=O)OC(COC(=O)CCCCCCC/C=C\C/C=C\CCC)COC(=O)CCCCCCCCCCCCCCCCCCCCCCCCC/C=C\C/C=C\CCCCCCC. The summed E-state index contributed by atoms with van der Waals surface area (Å²) in [6.45, 7) is 6.46. The Morgan fingerprint density at radius 1 is 0.259 bits per heavy atom. The highest BCUT2D eigenvalue weighted by molar-refractivity contribution is 5.71. The fourth-order valence-electron chi connectivity index (χ4n) is 10.1. The van der Waals surface area contributed by atoms with Gasteiger partial charge in [-0.3, -0.25) is 14.4 Å². The summed E-state index contributed by atoms with van der Waals surface area (Å²) in [5.74, 6) is -0.903. The average molecular weight is 1130 g/mol. The van der Waals surface area contributed by atoms with Crippen molar-refractivity contribution < 1.29 is 28.6 Å². The minimum Gasteiger partial charge on any atom is -0.462 e. The summed E-state index contributed by atoms with van der Waals surface area (Å²) < 4.78 is 16.9. The van der Waals surface area contributed by atoms with Crippen molar-refractivity contribution in [2.75, 3.05) is 13.2 Å². The third-order valence-electron chi connectivity index (χ3n) is 15.3. The average Bonchev–Trinajstić information content (AvgIpc) is 3.46. The molecule has 6 heteroatoms. The largest absolute Gasteiger partial charge is 0.462 e. The van der Waals surface area contributed by atoms with E-state index in [9.17, 15) is 14.4 Å². The van der Waals surface area contributed by atoms with E-state index < -0.39 is 6.10 Å². The molecule has 0 heterocycles. The van der Waals surface area contributed by atoms with E-state index in [4.69, 9.17) is 14.2 Å². The van der Waals surface area contributed by atoms with Crippen LogP contribution in [0.15, 0.2) is 85.1 Å². The molecule has 0 bridgehead atoms. The zero-order valence-corrected chi connectivity index (χ0v) is 53.8. The van der Waals surface area contributed by atoms with Gasteiger partial charge in [-0.1, -0.05) is 311 Å². The maximum atomic E-state index is 12.9. The predicted molar refractivity (Wildman–Crippen MR) is 353 cm³/mol. The summed E-state index contributed by atoms with van der Waals surface area (Å²) in [5, 5.41) is 0. The fourth-order valence-corrected chi connectivity index (χ4v) is 10.1. The lowest BCUT2D eigenvalue weighted by Gasteiger charge is -2.18. The van der Waals surface area contributed by atoms with E-state index in [1.54, 1.807) is 0 Å². The quantitative estimate of drug-likeness (QED) is 0.0261. The molecule has 0 aliphatic heterocycles. The lowest BCUT2D eigenvalue weighted by atomic mass is 10.0. The Labute approximate surface area is 503 Å². The molecule has 0 aromatic heterocycles. The number of hydrogen-bond donors (Lipinski definition) is 0. The minimum atomic E-state index is -0.791. The van der Waals surface area contributed by atoms with Crippen molar-refractivity contribution in [3.63, 3.8) is 0 Å². The molecule has 468 valence electrons. The smallest absolute Gasteiger partial charge is 0.306 e. The lowest BCUT2D eigenvalue weighted by molar-refractivity contribution is -0.167. The molecular weight excluding hydrogens is 997 g/mol. The normalized spacial score (nSPS) is 12.6. The molecule has 0 radical (unpaired) electrons. The third-order valence-corrected chi connectivity index (χ3v) is 15.3. The van der Waals surface area contributed by atoms with Crippen LogP contribution in [0.25, 0.3) is 0 Å². The highest BCUT2D eigenvalue weighted by atomic mass is 16.6. The van der Waals surface area contributed by atoms with Gasteiger partial charge in [-0.15, -0.1) is 0 Å². The van der Waals surface area contributed by atoms with Gasteiger partial charge in [-0.05, 0) is 109 Å². The number of esters is 3. The number of allylic oxidation sites excluding steroid dienone is 14. The molecule has 0 saturated heterocycles. The van der Waals surface area contributed by atoms with Crippen molar-refractivity contribution in [3.05, 3.63) is 85.1 Å². The molecule has 0 spiro atoms. The van der Waals surface area contributed by atoms with E-state index in [0.29, 0.717) is 19.3 Å². The molecule has 0 aromatic carbocycles.